The maximum atomic E-state index is 12.6. The number of nitrogens with zero attached hydrogens (tertiary/aromatic N) is 1. The lowest BCUT2D eigenvalue weighted by Gasteiger charge is -2.20. The van der Waals surface area contributed by atoms with Crippen LogP contribution in [0.25, 0.3) is 11.0 Å². The van der Waals surface area contributed by atoms with Crippen LogP contribution in [0.2, 0.25) is 0 Å². The maximum absolute atomic E-state index is 12.6. The molecule has 2 aliphatic carbocycles. The summed E-state index contributed by atoms with van der Waals surface area (Å²) in [5.41, 5.74) is 7.18. The molecular formula is C16H18N2O2. The summed E-state index contributed by atoms with van der Waals surface area (Å²) in [5, 5.41) is 0.899. The number of amides is 1. The van der Waals surface area contributed by atoms with E-state index < -0.39 is 0 Å². The molecule has 0 spiro atoms. The summed E-state index contributed by atoms with van der Waals surface area (Å²) < 4.78 is 5.70. The van der Waals surface area contributed by atoms with Crippen molar-refractivity contribution < 1.29 is 9.21 Å². The number of fused-ring (bicyclic) bond motifs is 1. The molecule has 1 aromatic heterocycles. The number of nitrogens with two attached hydrogens (primary N) is 1. The van der Waals surface area contributed by atoms with E-state index >= 15 is 0 Å². The molecule has 2 saturated carbocycles. The van der Waals surface area contributed by atoms with E-state index in [4.69, 9.17) is 10.2 Å². The van der Waals surface area contributed by atoms with Crippen molar-refractivity contribution in [3.05, 3.63) is 30.0 Å². The number of carbonyl (C=O) groups excluding carboxylic acids is 1. The highest BCUT2D eigenvalue weighted by Gasteiger charge is 2.37. The largest absolute Gasteiger partial charge is 0.451 e. The Morgan fingerprint density at radius 1 is 1.25 bits per heavy atom. The Hall–Kier alpha value is -1.97. The molecule has 1 heterocycles. The normalized spacial score (nSPS) is 18.4. The van der Waals surface area contributed by atoms with Crippen molar-refractivity contribution in [3.8, 4) is 0 Å². The van der Waals surface area contributed by atoms with Gasteiger partial charge < -0.3 is 15.1 Å². The SMILES string of the molecule is Nc1ccc2oc(C(=O)N(CC3CC3)C3CC3)cc2c1. The Morgan fingerprint density at radius 3 is 2.75 bits per heavy atom. The third-order valence-electron chi connectivity index (χ3n) is 4.15. The summed E-state index contributed by atoms with van der Waals surface area (Å²) in [4.78, 5) is 14.7. The second kappa shape index (κ2) is 4.27. The van der Waals surface area contributed by atoms with Crippen LogP contribution in [0.4, 0.5) is 5.69 Å². The standard InChI is InChI=1S/C16H18N2O2/c17-12-3-6-14-11(7-12)8-15(20-14)16(19)18(13-4-5-13)9-10-1-2-10/h3,6-8,10,13H,1-2,4-5,9,17H2. The van der Waals surface area contributed by atoms with E-state index in [2.05, 4.69) is 0 Å². The molecule has 0 unspecified atom stereocenters. The summed E-state index contributed by atoms with van der Waals surface area (Å²) in [7, 11) is 0. The molecule has 20 heavy (non-hydrogen) atoms. The van der Waals surface area contributed by atoms with Crippen molar-refractivity contribution in [1.82, 2.24) is 4.90 Å². The van der Waals surface area contributed by atoms with Gasteiger partial charge in [0.1, 0.15) is 5.58 Å². The molecule has 104 valence electrons. The minimum absolute atomic E-state index is 0.0363. The zero-order valence-electron chi connectivity index (χ0n) is 11.3. The monoisotopic (exact) mass is 270 g/mol. The van der Waals surface area contributed by atoms with Crippen LogP contribution in [0, 0.1) is 5.92 Å². The van der Waals surface area contributed by atoms with E-state index in [0.717, 1.165) is 30.4 Å². The minimum atomic E-state index is 0.0363. The highest BCUT2D eigenvalue weighted by atomic mass is 16.3. The third kappa shape index (κ3) is 2.15. The molecule has 0 bridgehead atoms. The highest BCUT2D eigenvalue weighted by molar-refractivity contribution is 5.97. The summed E-state index contributed by atoms with van der Waals surface area (Å²) in [6.07, 6.45) is 4.78. The highest BCUT2D eigenvalue weighted by Crippen LogP contribution is 2.36. The molecule has 2 aromatic rings. The van der Waals surface area contributed by atoms with Gasteiger partial charge in [-0.15, -0.1) is 0 Å². The van der Waals surface area contributed by atoms with Gasteiger partial charge in [0.15, 0.2) is 5.76 Å². The number of hydrogen-bond acceptors (Lipinski definition) is 3. The van der Waals surface area contributed by atoms with Crippen LogP contribution in [0.15, 0.2) is 28.7 Å². The van der Waals surface area contributed by atoms with Gasteiger partial charge >= 0.3 is 0 Å². The van der Waals surface area contributed by atoms with Crippen molar-refractivity contribution in [2.75, 3.05) is 12.3 Å². The first-order valence-corrected chi connectivity index (χ1v) is 7.31. The second-order valence-electron chi connectivity index (χ2n) is 6.04. The Kier molecular flexibility index (Phi) is 2.52. The van der Waals surface area contributed by atoms with Crippen molar-refractivity contribution in [3.63, 3.8) is 0 Å². The average molecular weight is 270 g/mol. The van der Waals surface area contributed by atoms with Crippen molar-refractivity contribution in [2.45, 2.75) is 31.7 Å². The number of anilines is 1. The number of nitrogen functional groups attached to an aromatic ring is 1. The fourth-order valence-electron chi connectivity index (χ4n) is 2.67. The maximum Gasteiger partial charge on any atom is 0.289 e. The molecule has 0 saturated heterocycles. The first-order valence-electron chi connectivity index (χ1n) is 7.31. The smallest absolute Gasteiger partial charge is 0.289 e. The molecule has 0 atom stereocenters. The molecule has 2 fully saturated rings. The Labute approximate surface area is 117 Å². The van der Waals surface area contributed by atoms with Gasteiger partial charge in [0.05, 0.1) is 0 Å². The molecule has 4 rings (SSSR count). The minimum Gasteiger partial charge on any atom is -0.451 e. The molecule has 4 heteroatoms. The van der Waals surface area contributed by atoms with E-state index in [9.17, 15) is 4.79 Å². The molecule has 0 aliphatic heterocycles. The van der Waals surface area contributed by atoms with E-state index in [0.29, 0.717) is 23.4 Å². The van der Waals surface area contributed by atoms with E-state index in [1.807, 2.05) is 23.1 Å². The van der Waals surface area contributed by atoms with Crippen LogP contribution in [-0.4, -0.2) is 23.4 Å². The lowest BCUT2D eigenvalue weighted by atomic mass is 10.2. The lowest BCUT2D eigenvalue weighted by Crippen LogP contribution is -2.34. The first kappa shape index (κ1) is 11.8. The molecule has 1 aromatic carbocycles. The second-order valence-corrected chi connectivity index (χ2v) is 6.04. The predicted octanol–water partition coefficient (Wildman–Crippen LogP) is 3.03. The summed E-state index contributed by atoms with van der Waals surface area (Å²) >= 11 is 0. The molecule has 1 amide bonds. The Balaban J connectivity index is 1.63. The van der Waals surface area contributed by atoms with Gasteiger partial charge in [0.2, 0.25) is 0 Å². The zero-order chi connectivity index (χ0) is 13.7. The van der Waals surface area contributed by atoms with E-state index in [1.165, 1.54) is 12.8 Å². The van der Waals surface area contributed by atoms with E-state index in [-0.39, 0.29) is 5.91 Å². The number of furan rings is 1. The number of rotatable bonds is 4. The quantitative estimate of drug-likeness (QED) is 0.869. The summed E-state index contributed by atoms with van der Waals surface area (Å²) in [6, 6.07) is 7.71. The van der Waals surface area contributed by atoms with Crippen molar-refractivity contribution in [1.29, 1.82) is 0 Å². The molecular weight excluding hydrogens is 252 g/mol. The fourth-order valence-corrected chi connectivity index (χ4v) is 2.67. The summed E-state index contributed by atoms with van der Waals surface area (Å²) in [5.74, 6) is 1.19. The number of benzene rings is 1. The Bertz CT molecular complexity index is 668. The lowest BCUT2D eigenvalue weighted by molar-refractivity contribution is 0.0705. The van der Waals surface area contributed by atoms with E-state index in [1.54, 1.807) is 6.07 Å². The fraction of sp³-hybridized carbons (Fsp3) is 0.438. The number of hydrogen-bond donors (Lipinski definition) is 1. The molecule has 4 nitrogen and oxygen atoms in total. The van der Waals surface area contributed by atoms with Crippen molar-refractivity contribution in [2.24, 2.45) is 5.92 Å². The average Bonchev–Trinajstić information content (AvgIpc) is 3.32. The topological polar surface area (TPSA) is 59.5 Å². The molecule has 2 N–H and O–H groups in total. The van der Waals surface area contributed by atoms with Crippen LogP contribution in [0.5, 0.6) is 0 Å². The molecule has 2 aliphatic rings. The van der Waals surface area contributed by atoms with Crippen LogP contribution < -0.4 is 5.73 Å². The van der Waals surface area contributed by atoms with Crippen molar-refractivity contribution >= 4 is 22.6 Å². The van der Waals surface area contributed by atoms with Gasteiger partial charge in [0, 0.05) is 23.7 Å². The first-order chi connectivity index (χ1) is 9.70. The van der Waals surface area contributed by atoms with Gasteiger partial charge in [-0.3, -0.25) is 4.79 Å². The van der Waals surface area contributed by atoms with Crippen LogP contribution in [-0.2, 0) is 0 Å². The van der Waals surface area contributed by atoms with Crippen LogP contribution in [0.3, 0.4) is 0 Å². The zero-order valence-corrected chi connectivity index (χ0v) is 11.3. The van der Waals surface area contributed by atoms with Gasteiger partial charge in [0.25, 0.3) is 5.91 Å². The predicted molar refractivity (Wildman–Crippen MR) is 77.4 cm³/mol. The van der Waals surface area contributed by atoms with Crippen LogP contribution in [0.1, 0.15) is 36.2 Å². The van der Waals surface area contributed by atoms with Gasteiger partial charge in [-0.1, -0.05) is 0 Å². The van der Waals surface area contributed by atoms with Crippen LogP contribution >= 0.6 is 0 Å². The third-order valence-corrected chi connectivity index (χ3v) is 4.15. The summed E-state index contributed by atoms with van der Waals surface area (Å²) in [6.45, 7) is 0.892. The van der Waals surface area contributed by atoms with Gasteiger partial charge in [-0.2, -0.15) is 0 Å². The van der Waals surface area contributed by atoms with Gasteiger partial charge in [-0.25, -0.2) is 0 Å². The number of carbonyl (C=O) groups is 1. The Morgan fingerprint density at radius 2 is 2.05 bits per heavy atom. The molecule has 0 radical (unpaired) electrons. The van der Waals surface area contributed by atoms with Gasteiger partial charge in [-0.05, 0) is 55.9 Å².